The van der Waals surface area contributed by atoms with E-state index < -0.39 is 40.5 Å². The molecule has 0 aromatic heterocycles. The van der Waals surface area contributed by atoms with Crippen molar-refractivity contribution >= 4 is 33.0 Å². The Hall–Kier alpha value is -2.13. The number of anilines is 1. The van der Waals surface area contributed by atoms with Crippen LogP contribution in [0.4, 0.5) is 32.0 Å². The molecule has 0 saturated carbocycles. The standard InChI is InChI=1S/C14H11ClF6N2O3S/c1-3-6-23(27(24,25)14(19,20)21)12-5-4-10(15)7-11(12)9(2)22-26-8-13(16,17)18/h1,4-5,7H,6,8H2,2H3/b22-9+. The Kier molecular flexibility index (Phi) is 7.01. The normalized spacial score (nSPS) is 13.2. The average molecular weight is 437 g/mol. The van der Waals surface area contributed by atoms with Crippen LogP contribution in [0.25, 0.3) is 0 Å². The molecule has 0 unspecified atom stereocenters. The van der Waals surface area contributed by atoms with Gasteiger partial charge in [-0.1, -0.05) is 22.7 Å². The smallest absolute Gasteiger partial charge is 0.386 e. The van der Waals surface area contributed by atoms with Crippen molar-refractivity contribution in [3.05, 3.63) is 28.8 Å². The summed E-state index contributed by atoms with van der Waals surface area (Å²) in [7, 11) is -5.89. The third-order valence-electron chi connectivity index (χ3n) is 2.86. The molecule has 1 aromatic rings. The van der Waals surface area contributed by atoms with E-state index in [1.165, 1.54) is 0 Å². The lowest BCUT2D eigenvalue weighted by atomic mass is 10.1. The minimum absolute atomic E-state index is 0.0378. The molecule has 0 amide bonds. The van der Waals surface area contributed by atoms with Crippen LogP contribution in [0.2, 0.25) is 5.02 Å². The Labute approximate surface area is 155 Å². The first-order valence-electron chi connectivity index (χ1n) is 6.76. The third-order valence-corrected chi connectivity index (χ3v) is 4.59. The van der Waals surface area contributed by atoms with Crippen LogP contribution in [0, 0.1) is 12.3 Å². The van der Waals surface area contributed by atoms with Crippen molar-refractivity contribution in [2.45, 2.75) is 18.6 Å². The summed E-state index contributed by atoms with van der Waals surface area (Å²) < 4.78 is 98.6. The van der Waals surface area contributed by atoms with Gasteiger partial charge >= 0.3 is 21.7 Å². The van der Waals surface area contributed by atoms with E-state index in [2.05, 4.69) is 9.99 Å². The number of alkyl halides is 6. The maximum Gasteiger partial charge on any atom is 0.516 e. The summed E-state index contributed by atoms with van der Waals surface area (Å²) in [5.74, 6) is 1.78. The van der Waals surface area contributed by atoms with Crippen LogP contribution >= 0.6 is 11.6 Å². The largest absolute Gasteiger partial charge is 0.516 e. The van der Waals surface area contributed by atoms with Crippen LogP contribution in [0.1, 0.15) is 12.5 Å². The Balaban J connectivity index is 3.47. The van der Waals surface area contributed by atoms with Crippen LogP contribution < -0.4 is 4.31 Å². The molecule has 150 valence electrons. The number of halogens is 7. The Morgan fingerprint density at radius 3 is 2.37 bits per heavy atom. The van der Waals surface area contributed by atoms with Gasteiger partial charge in [0.1, 0.15) is 0 Å². The maximum atomic E-state index is 12.9. The van der Waals surface area contributed by atoms with Crippen molar-refractivity contribution in [1.29, 1.82) is 0 Å². The molecule has 0 fully saturated rings. The fourth-order valence-corrected chi connectivity index (χ4v) is 2.86. The summed E-state index contributed by atoms with van der Waals surface area (Å²) in [6, 6.07) is 3.02. The van der Waals surface area contributed by atoms with Crippen LogP contribution in [0.3, 0.4) is 0 Å². The summed E-state index contributed by atoms with van der Waals surface area (Å²) in [6.45, 7) is -1.65. The molecule has 0 radical (unpaired) electrons. The van der Waals surface area contributed by atoms with Gasteiger partial charge in [-0.15, -0.1) is 6.42 Å². The first kappa shape index (κ1) is 22.9. The van der Waals surface area contributed by atoms with Gasteiger partial charge in [-0.25, -0.2) is 0 Å². The molecule has 0 atom stereocenters. The highest BCUT2D eigenvalue weighted by Gasteiger charge is 2.50. The number of hydrogen-bond acceptors (Lipinski definition) is 4. The predicted octanol–water partition coefficient (Wildman–Crippen LogP) is 3.93. The van der Waals surface area contributed by atoms with Crippen LogP contribution in [-0.2, 0) is 14.9 Å². The summed E-state index contributed by atoms with van der Waals surface area (Å²) in [5.41, 5.74) is -6.91. The molecule has 0 aliphatic carbocycles. The number of sulfonamides is 1. The lowest BCUT2D eigenvalue weighted by Crippen LogP contribution is -2.41. The lowest BCUT2D eigenvalue weighted by molar-refractivity contribution is -0.173. The fraction of sp³-hybridized carbons (Fsp3) is 0.357. The van der Waals surface area contributed by atoms with Crippen LogP contribution in [-0.4, -0.2) is 39.0 Å². The number of terminal acetylenes is 1. The fourth-order valence-electron chi connectivity index (χ4n) is 1.77. The van der Waals surface area contributed by atoms with E-state index in [-0.39, 0.29) is 20.6 Å². The highest BCUT2D eigenvalue weighted by molar-refractivity contribution is 7.93. The van der Waals surface area contributed by atoms with Gasteiger partial charge in [-0.05, 0) is 25.1 Å². The number of nitrogens with zero attached hydrogens (tertiary/aromatic N) is 2. The van der Waals surface area contributed by atoms with Gasteiger partial charge in [0.2, 0.25) is 6.61 Å². The monoisotopic (exact) mass is 436 g/mol. The number of benzene rings is 1. The van der Waals surface area contributed by atoms with Gasteiger partial charge < -0.3 is 4.84 Å². The SMILES string of the molecule is C#CCN(c1ccc(Cl)cc1/C(C)=N/OCC(F)(F)F)S(=O)(=O)C(F)(F)F. The highest BCUT2D eigenvalue weighted by Crippen LogP contribution is 2.34. The van der Waals surface area contributed by atoms with E-state index in [1.807, 2.05) is 0 Å². The zero-order valence-corrected chi connectivity index (χ0v) is 15.0. The number of oxime groups is 1. The molecule has 27 heavy (non-hydrogen) atoms. The molecule has 1 rings (SSSR count). The minimum atomic E-state index is -5.89. The van der Waals surface area contributed by atoms with E-state index in [0.717, 1.165) is 25.1 Å². The molecule has 1 aromatic carbocycles. The lowest BCUT2D eigenvalue weighted by Gasteiger charge is -2.25. The molecule has 0 heterocycles. The molecule has 0 spiro atoms. The quantitative estimate of drug-likeness (QED) is 0.294. The van der Waals surface area contributed by atoms with Gasteiger partial charge in [0, 0.05) is 10.6 Å². The zero-order chi connectivity index (χ0) is 21.0. The summed E-state index contributed by atoms with van der Waals surface area (Å²) in [4.78, 5) is 4.09. The molecular formula is C14H11ClF6N2O3S. The molecule has 0 N–H and O–H groups in total. The molecule has 0 bridgehead atoms. The number of hydrogen-bond donors (Lipinski definition) is 0. The predicted molar refractivity (Wildman–Crippen MR) is 86.8 cm³/mol. The Morgan fingerprint density at radius 1 is 1.30 bits per heavy atom. The topological polar surface area (TPSA) is 59.0 Å². The van der Waals surface area contributed by atoms with E-state index in [0.29, 0.717) is 0 Å². The molecule has 5 nitrogen and oxygen atoms in total. The second kappa shape index (κ2) is 8.26. The Bertz CT molecular complexity index is 859. The van der Waals surface area contributed by atoms with E-state index in [9.17, 15) is 34.8 Å². The van der Waals surface area contributed by atoms with Crippen molar-refractivity contribution in [3.8, 4) is 12.3 Å². The average Bonchev–Trinajstić information content (AvgIpc) is 2.50. The van der Waals surface area contributed by atoms with Crippen molar-refractivity contribution in [2.24, 2.45) is 5.16 Å². The summed E-state index contributed by atoms with van der Waals surface area (Å²) >= 11 is 5.75. The molecular weight excluding hydrogens is 426 g/mol. The van der Waals surface area contributed by atoms with Crippen molar-refractivity contribution < 1.29 is 39.6 Å². The van der Waals surface area contributed by atoms with E-state index in [1.54, 1.807) is 5.92 Å². The minimum Gasteiger partial charge on any atom is -0.386 e. The van der Waals surface area contributed by atoms with Gasteiger partial charge in [0.25, 0.3) is 0 Å². The zero-order valence-electron chi connectivity index (χ0n) is 13.4. The second-order valence-corrected chi connectivity index (χ2v) is 7.18. The summed E-state index contributed by atoms with van der Waals surface area (Å²) in [6.07, 6.45) is 0.263. The maximum absolute atomic E-state index is 12.9. The molecule has 13 heteroatoms. The van der Waals surface area contributed by atoms with Crippen LogP contribution in [0.5, 0.6) is 0 Å². The second-order valence-electron chi connectivity index (χ2n) is 4.89. The summed E-state index contributed by atoms with van der Waals surface area (Å²) in [5, 5.41) is 3.11. The third kappa shape index (κ3) is 5.93. The van der Waals surface area contributed by atoms with Gasteiger partial charge in [0.05, 0.1) is 17.9 Å². The van der Waals surface area contributed by atoms with E-state index >= 15 is 0 Å². The first-order valence-corrected chi connectivity index (χ1v) is 8.58. The Morgan fingerprint density at radius 2 is 1.89 bits per heavy atom. The van der Waals surface area contributed by atoms with Crippen molar-refractivity contribution in [3.63, 3.8) is 0 Å². The van der Waals surface area contributed by atoms with Gasteiger partial charge in [-0.3, -0.25) is 4.31 Å². The molecule has 0 aliphatic heterocycles. The van der Waals surface area contributed by atoms with Gasteiger partial charge in [-0.2, -0.15) is 34.8 Å². The van der Waals surface area contributed by atoms with E-state index in [4.69, 9.17) is 18.0 Å². The van der Waals surface area contributed by atoms with Crippen molar-refractivity contribution in [2.75, 3.05) is 17.5 Å². The molecule has 0 aliphatic rings. The first-order chi connectivity index (χ1) is 12.2. The van der Waals surface area contributed by atoms with Gasteiger partial charge in [0.15, 0.2) is 0 Å². The van der Waals surface area contributed by atoms with Crippen molar-refractivity contribution in [1.82, 2.24) is 0 Å². The number of rotatable bonds is 6. The van der Waals surface area contributed by atoms with Crippen LogP contribution in [0.15, 0.2) is 23.4 Å². The molecule has 0 saturated heterocycles. The highest BCUT2D eigenvalue weighted by atomic mass is 35.5.